The van der Waals surface area contributed by atoms with E-state index in [1.165, 1.54) is 11.3 Å². The van der Waals surface area contributed by atoms with E-state index in [1.54, 1.807) is 11.3 Å². The molecule has 2 heterocycles. The Morgan fingerprint density at radius 2 is 2.12 bits per heavy atom. The zero-order valence-corrected chi connectivity index (χ0v) is 14.0. The predicted molar refractivity (Wildman–Crippen MR) is 96.3 cm³/mol. The van der Waals surface area contributed by atoms with Gasteiger partial charge in [0.25, 0.3) is 0 Å². The van der Waals surface area contributed by atoms with Crippen LogP contribution in [0.3, 0.4) is 0 Å². The van der Waals surface area contributed by atoms with Gasteiger partial charge >= 0.3 is 0 Å². The van der Waals surface area contributed by atoms with Crippen LogP contribution in [-0.4, -0.2) is 10.9 Å². The summed E-state index contributed by atoms with van der Waals surface area (Å²) < 4.78 is 0. The molecule has 0 aliphatic heterocycles. The van der Waals surface area contributed by atoms with Crippen LogP contribution >= 0.6 is 11.3 Å². The molecule has 0 atom stereocenters. The SMILES string of the molecule is N#Cc1c(NC(=O)Cc2cc3ccccc3[nH]2)sc2c1CCCC2. The maximum atomic E-state index is 12.4. The molecule has 1 aliphatic carbocycles. The van der Waals surface area contributed by atoms with Crippen LogP contribution in [0.25, 0.3) is 10.9 Å². The van der Waals surface area contributed by atoms with Crippen molar-refractivity contribution < 1.29 is 4.79 Å². The number of rotatable bonds is 3. The minimum Gasteiger partial charge on any atom is -0.358 e. The first kappa shape index (κ1) is 15.0. The third-order valence-electron chi connectivity index (χ3n) is 4.47. The molecule has 24 heavy (non-hydrogen) atoms. The number of thiophene rings is 1. The van der Waals surface area contributed by atoms with Crippen molar-refractivity contribution in [3.8, 4) is 6.07 Å². The molecule has 2 aromatic heterocycles. The molecular weight excluding hydrogens is 318 g/mol. The Bertz CT molecular complexity index is 928. The van der Waals surface area contributed by atoms with Gasteiger partial charge < -0.3 is 10.3 Å². The summed E-state index contributed by atoms with van der Waals surface area (Å²) in [5.74, 6) is -0.0864. The number of benzene rings is 1. The summed E-state index contributed by atoms with van der Waals surface area (Å²) in [5.41, 5.74) is 3.73. The van der Waals surface area contributed by atoms with E-state index in [1.807, 2.05) is 30.3 Å². The fourth-order valence-electron chi connectivity index (χ4n) is 3.34. The van der Waals surface area contributed by atoms with Gasteiger partial charge in [-0.25, -0.2) is 0 Å². The number of para-hydroxylation sites is 1. The molecule has 3 aromatic rings. The van der Waals surface area contributed by atoms with Crippen molar-refractivity contribution in [1.82, 2.24) is 4.98 Å². The Kier molecular flexibility index (Phi) is 3.83. The quantitative estimate of drug-likeness (QED) is 0.754. The number of carbonyl (C=O) groups is 1. The summed E-state index contributed by atoms with van der Waals surface area (Å²) in [6.45, 7) is 0. The summed E-state index contributed by atoms with van der Waals surface area (Å²) in [6.07, 6.45) is 4.54. The van der Waals surface area contributed by atoms with Crippen LogP contribution < -0.4 is 5.32 Å². The van der Waals surface area contributed by atoms with Gasteiger partial charge in [0.05, 0.1) is 12.0 Å². The Morgan fingerprint density at radius 1 is 1.29 bits per heavy atom. The van der Waals surface area contributed by atoms with Crippen LogP contribution in [0.15, 0.2) is 30.3 Å². The molecule has 0 radical (unpaired) electrons. The number of aromatic nitrogens is 1. The van der Waals surface area contributed by atoms with Crippen molar-refractivity contribution in [3.63, 3.8) is 0 Å². The minimum absolute atomic E-state index is 0.0864. The molecule has 0 saturated carbocycles. The molecule has 5 heteroatoms. The highest BCUT2D eigenvalue weighted by Gasteiger charge is 2.21. The van der Waals surface area contributed by atoms with E-state index in [9.17, 15) is 10.1 Å². The van der Waals surface area contributed by atoms with Crippen molar-refractivity contribution in [2.75, 3.05) is 5.32 Å². The number of nitriles is 1. The van der Waals surface area contributed by atoms with Crippen LogP contribution in [0.5, 0.6) is 0 Å². The van der Waals surface area contributed by atoms with E-state index in [0.29, 0.717) is 10.6 Å². The predicted octanol–water partition coefficient (Wildman–Crippen LogP) is 4.16. The number of hydrogen-bond donors (Lipinski definition) is 2. The number of fused-ring (bicyclic) bond motifs is 2. The molecule has 0 fully saturated rings. The molecule has 120 valence electrons. The maximum Gasteiger partial charge on any atom is 0.230 e. The monoisotopic (exact) mass is 335 g/mol. The highest BCUT2D eigenvalue weighted by molar-refractivity contribution is 7.16. The fraction of sp³-hybridized carbons (Fsp3) is 0.263. The zero-order valence-electron chi connectivity index (χ0n) is 13.2. The van der Waals surface area contributed by atoms with Gasteiger partial charge in [-0.2, -0.15) is 5.26 Å². The summed E-state index contributed by atoms with van der Waals surface area (Å²) in [6, 6.07) is 12.3. The largest absolute Gasteiger partial charge is 0.358 e. The summed E-state index contributed by atoms with van der Waals surface area (Å²) >= 11 is 1.57. The van der Waals surface area contributed by atoms with Crippen molar-refractivity contribution in [1.29, 1.82) is 5.26 Å². The van der Waals surface area contributed by atoms with Crippen LogP contribution in [0.4, 0.5) is 5.00 Å². The molecular formula is C19H17N3OS. The zero-order chi connectivity index (χ0) is 16.5. The van der Waals surface area contributed by atoms with Gasteiger partial charge in [0.1, 0.15) is 11.1 Å². The molecule has 1 amide bonds. The van der Waals surface area contributed by atoms with Crippen LogP contribution in [0, 0.1) is 11.3 Å². The van der Waals surface area contributed by atoms with Crippen LogP contribution in [0.1, 0.15) is 34.5 Å². The lowest BCUT2D eigenvalue weighted by molar-refractivity contribution is -0.115. The van der Waals surface area contributed by atoms with E-state index >= 15 is 0 Å². The smallest absolute Gasteiger partial charge is 0.230 e. The summed E-state index contributed by atoms with van der Waals surface area (Å²) in [7, 11) is 0. The van der Waals surface area contributed by atoms with Crippen LogP contribution in [-0.2, 0) is 24.1 Å². The van der Waals surface area contributed by atoms with Crippen LogP contribution in [0.2, 0.25) is 0 Å². The highest BCUT2D eigenvalue weighted by Crippen LogP contribution is 2.37. The Labute approximate surface area is 144 Å². The van der Waals surface area contributed by atoms with E-state index in [2.05, 4.69) is 16.4 Å². The Balaban J connectivity index is 1.54. The van der Waals surface area contributed by atoms with Gasteiger partial charge in [0, 0.05) is 16.1 Å². The third kappa shape index (κ3) is 2.70. The molecule has 0 saturated heterocycles. The normalized spacial score (nSPS) is 13.5. The van der Waals surface area contributed by atoms with E-state index in [-0.39, 0.29) is 12.3 Å². The molecule has 4 nitrogen and oxygen atoms in total. The molecule has 1 aliphatic rings. The fourth-order valence-corrected chi connectivity index (χ4v) is 4.60. The third-order valence-corrected chi connectivity index (χ3v) is 5.68. The van der Waals surface area contributed by atoms with Gasteiger partial charge in [-0.3, -0.25) is 4.79 Å². The molecule has 0 spiro atoms. The van der Waals surface area contributed by atoms with Crippen molar-refractivity contribution >= 4 is 33.1 Å². The Morgan fingerprint density at radius 3 is 2.96 bits per heavy atom. The second kappa shape index (κ2) is 6.14. The number of H-pyrrole nitrogens is 1. The first-order chi connectivity index (χ1) is 11.7. The van der Waals surface area contributed by atoms with E-state index < -0.39 is 0 Å². The van der Waals surface area contributed by atoms with Gasteiger partial charge in [0.15, 0.2) is 0 Å². The number of aryl methyl sites for hydroxylation is 1. The molecule has 1 aromatic carbocycles. The van der Waals surface area contributed by atoms with E-state index in [0.717, 1.165) is 41.4 Å². The topological polar surface area (TPSA) is 68.7 Å². The number of aromatic amines is 1. The summed E-state index contributed by atoms with van der Waals surface area (Å²) in [4.78, 5) is 16.9. The van der Waals surface area contributed by atoms with Gasteiger partial charge in [-0.15, -0.1) is 11.3 Å². The molecule has 2 N–H and O–H groups in total. The lowest BCUT2D eigenvalue weighted by Gasteiger charge is -2.09. The first-order valence-electron chi connectivity index (χ1n) is 8.15. The lowest BCUT2D eigenvalue weighted by atomic mass is 9.96. The lowest BCUT2D eigenvalue weighted by Crippen LogP contribution is -2.14. The highest BCUT2D eigenvalue weighted by atomic mass is 32.1. The molecule has 0 bridgehead atoms. The van der Waals surface area contributed by atoms with Gasteiger partial charge in [0.2, 0.25) is 5.91 Å². The van der Waals surface area contributed by atoms with Crippen molar-refractivity contribution in [2.24, 2.45) is 0 Å². The van der Waals surface area contributed by atoms with Gasteiger partial charge in [-0.05, 0) is 48.8 Å². The second-order valence-corrected chi connectivity index (χ2v) is 7.24. The second-order valence-electron chi connectivity index (χ2n) is 6.13. The summed E-state index contributed by atoms with van der Waals surface area (Å²) in [5, 5.41) is 14.2. The molecule has 0 unspecified atom stereocenters. The number of nitrogens with one attached hydrogen (secondary N) is 2. The van der Waals surface area contributed by atoms with Crippen molar-refractivity contribution in [3.05, 3.63) is 52.0 Å². The van der Waals surface area contributed by atoms with Gasteiger partial charge in [-0.1, -0.05) is 18.2 Å². The number of nitrogens with zero attached hydrogens (tertiary/aromatic N) is 1. The number of anilines is 1. The number of amides is 1. The number of hydrogen-bond acceptors (Lipinski definition) is 3. The first-order valence-corrected chi connectivity index (χ1v) is 8.97. The Hall–Kier alpha value is -2.58. The maximum absolute atomic E-state index is 12.4. The van der Waals surface area contributed by atoms with E-state index in [4.69, 9.17) is 0 Å². The average molecular weight is 335 g/mol. The minimum atomic E-state index is -0.0864. The number of carbonyl (C=O) groups excluding carboxylic acids is 1. The average Bonchev–Trinajstić information content (AvgIpc) is 3.14. The molecule has 4 rings (SSSR count). The standard InChI is InChI=1S/C19H17N3OS/c20-11-15-14-6-2-4-8-17(14)24-19(15)22-18(23)10-13-9-12-5-1-3-7-16(12)21-13/h1,3,5,7,9,21H,2,4,6,8,10H2,(H,22,23). The van der Waals surface area contributed by atoms with Crippen molar-refractivity contribution in [2.45, 2.75) is 32.1 Å².